The molecule has 1 aliphatic rings. The van der Waals surface area contributed by atoms with Crippen molar-refractivity contribution >= 4 is 34.5 Å². The fourth-order valence-electron chi connectivity index (χ4n) is 3.74. The highest BCUT2D eigenvalue weighted by Crippen LogP contribution is 2.21. The summed E-state index contributed by atoms with van der Waals surface area (Å²) >= 11 is 2.23. The number of carboxylic acids is 1. The van der Waals surface area contributed by atoms with Crippen LogP contribution in [0.15, 0.2) is 48.5 Å². The van der Waals surface area contributed by atoms with E-state index < -0.39 is 5.97 Å². The van der Waals surface area contributed by atoms with Gasteiger partial charge in [-0.2, -0.15) is 0 Å². The summed E-state index contributed by atoms with van der Waals surface area (Å²) in [5.74, 6) is -0.828. The summed E-state index contributed by atoms with van der Waals surface area (Å²) in [6, 6.07) is 14.9. The highest BCUT2D eigenvalue weighted by Gasteiger charge is 2.33. The van der Waals surface area contributed by atoms with Gasteiger partial charge in [-0.05, 0) is 72.3 Å². The molecule has 0 aromatic heterocycles. The highest BCUT2D eigenvalue weighted by atomic mass is 127. The molecule has 3 rings (SSSR count). The predicted molar refractivity (Wildman–Crippen MR) is 113 cm³/mol. The first-order valence-electron chi connectivity index (χ1n) is 8.98. The van der Waals surface area contributed by atoms with Gasteiger partial charge in [-0.3, -0.25) is 9.69 Å². The average molecular weight is 478 g/mol. The van der Waals surface area contributed by atoms with Gasteiger partial charge >= 0.3 is 5.97 Å². The molecule has 1 heterocycles. The van der Waals surface area contributed by atoms with Crippen LogP contribution in [0.25, 0.3) is 0 Å². The number of aromatic carboxylic acids is 1. The fraction of sp³-hybridized carbons (Fsp3) is 0.333. The van der Waals surface area contributed by atoms with Gasteiger partial charge in [0.15, 0.2) is 0 Å². The molecule has 27 heavy (non-hydrogen) atoms. The summed E-state index contributed by atoms with van der Waals surface area (Å²) in [7, 11) is 0. The number of carbonyl (C=O) groups is 2. The van der Waals surface area contributed by atoms with Crippen LogP contribution in [-0.4, -0.2) is 52.0 Å². The van der Waals surface area contributed by atoms with Crippen LogP contribution in [0.1, 0.15) is 40.1 Å². The minimum absolute atomic E-state index is 0.0824. The molecule has 0 bridgehead atoms. The van der Waals surface area contributed by atoms with Crippen molar-refractivity contribution in [2.45, 2.75) is 32.5 Å². The maximum atomic E-state index is 13.0. The van der Waals surface area contributed by atoms with Gasteiger partial charge in [0.1, 0.15) is 0 Å². The number of benzene rings is 2. The van der Waals surface area contributed by atoms with Crippen molar-refractivity contribution in [1.29, 1.82) is 0 Å². The Morgan fingerprint density at radius 1 is 1.04 bits per heavy atom. The predicted octanol–water partition coefficient (Wildman–Crippen LogP) is 3.72. The van der Waals surface area contributed by atoms with E-state index in [0.717, 1.165) is 34.3 Å². The van der Waals surface area contributed by atoms with E-state index in [-0.39, 0.29) is 18.0 Å². The molecule has 0 aliphatic carbocycles. The van der Waals surface area contributed by atoms with Gasteiger partial charge in [0.05, 0.1) is 5.56 Å². The van der Waals surface area contributed by atoms with Crippen molar-refractivity contribution < 1.29 is 14.7 Å². The molecule has 0 spiro atoms. The number of nitrogens with zero attached hydrogens (tertiary/aromatic N) is 2. The Morgan fingerprint density at radius 2 is 1.67 bits per heavy atom. The van der Waals surface area contributed by atoms with E-state index in [1.165, 1.54) is 0 Å². The molecular formula is C21H23IN2O3. The molecule has 0 radical (unpaired) electrons. The Morgan fingerprint density at radius 3 is 2.22 bits per heavy atom. The smallest absolute Gasteiger partial charge is 0.335 e. The molecule has 1 amide bonds. The van der Waals surface area contributed by atoms with Crippen LogP contribution >= 0.6 is 22.6 Å². The lowest BCUT2D eigenvalue weighted by atomic mass is 10.0. The van der Waals surface area contributed by atoms with Crippen LogP contribution < -0.4 is 0 Å². The standard InChI is InChI=1S/C21H23IN2O3/c1-14-11-23(13-16-6-8-17(9-7-16)21(26)27)12-15(2)24(14)20(25)18-4-3-5-19(22)10-18/h3-10,14-15H,11-13H2,1-2H3,(H,26,27)/t14-,15+. The van der Waals surface area contributed by atoms with Gasteiger partial charge in [-0.15, -0.1) is 0 Å². The molecule has 5 nitrogen and oxygen atoms in total. The Bertz CT molecular complexity index is 826. The average Bonchev–Trinajstić information content (AvgIpc) is 2.61. The first-order valence-corrected chi connectivity index (χ1v) is 10.1. The second-order valence-electron chi connectivity index (χ2n) is 7.12. The van der Waals surface area contributed by atoms with E-state index in [0.29, 0.717) is 5.56 Å². The largest absolute Gasteiger partial charge is 0.478 e. The number of amides is 1. The van der Waals surface area contributed by atoms with Crippen molar-refractivity contribution in [2.75, 3.05) is 13.1 Å². The minimum Gasteiger partial charge on any atom is -0.478 e. The first kappa shape index (κ1) is 19.8. The monoisotopic (exact) mass is 478 g/mol. The molecule has 0 unspecified atom stereocenters. The van der Waals surface area contributed by atoms with E-state index in [9.17, 15) is 9.59 Å². The van der Waals surface area contributed by atoms with Crippen molar-refractivity contribution in [3.63, 3.8) is 0 Å². The van der Waals surface area contributed by atoms with Crippen molar-refractivity contribution in [3.05, 3.63) is 68.8 Å². The van der Waals surface area contributed by atoms with Crippen LogP contribution in [0.4, 0.5) is 0 Å². The van der Waals surface area contributed by atoms with Gasteiger partial charge in [0.2, 0.25) is 0 Å². The van der Waals surface area contributed by atoms with Crippen LogP contribution in [0.3, 0.4) is 0 Å². The van der Waals surface area contributed by atoms with Crippen LogP contribution in [0.5, 0.6) is 0 Å². The Hall–Kier alpha value is -1.93. The zero-order valence-corrected chi connectivity index (χ0v) is 17.6. The third-order valence-corrected chi connectivity index (χ3v) is 5.58. The quantitative estimate of drug-likeness (QED) is 0.681. The third-order valence-electron chi connectivity index (χ3n) is 4.91. The summed E-state index contributed by atoms with van der Waals surface area (Å²) in [5, 5.41) is 9.01. The molecule has 1 aliphatic heterocycles. The number of rotatable bonds is 4. The Kier molecular flexibility index (Phi) is 6.16. The molecule has 1 saturated heterocycles. The molecule has 2 aromatic rings. The molecule has 2 aromatic carbocycles. The van der Waals surface area contributed by atoms with E-state index in [1.54, 1.807) is 12.1 Å². The fourth-order valence-corrected chi connectivity index (χ4v) is 4.29. The minimum atomic E-state index is -0.911. The molecule has 142 valence electrons. The Labute approximate surface area is 173 Å². The molecule has 6 heteroatoms. The number of hydrogen-bond acceptors (Lipinski definition) is 3. The van der Waals surface area contributed by atoms with Gasteiger partial charge in [-0.25, -0.2) is 4.79 Å². The lowest BCUT2D eigenvalue weighted by Gasteiger charge is -2.44. The van der Waals surface area contributed by atoms with Gasteiger partial charge < -0.3 is 10.0 Å². The lowest BCUT2D eigenvalue weighted by Crippen LogP contribution is -2.58. The zero-order chi connectivity index (χ0) is 19.6. The summed E-state index contributed by atoms with van der Waals surface area (Å²) in [5.41, 5.74) is 2.11. The summed E-state index contributed by atoms with van der Waals surface area (Å²) in [6.45, 7) is 6.51. The van der Waals surface area contributed by atoms with E-state index in [2.05, 4.69) is 41.3 Å². The molecule has 2 atom stereocenters. The SMILES string of the molecule is C[C@@H]1CN(Cc2ccc(C(=O)O)cc2)C[C@H](C)N1C(=O)c1cccc(I)c1. The number of carbonyl (C=O) groups excluding carboxylic acids is 1. The van der Waals surface area contributed by atoms with Crippen molar-refractivity contribution in [3.8, 4) is 0 Å². The Balaban J connectivity index is 1.67. The van der Waals surface area contributed by atoms with Crippen LogP contribution in [0.2, 0.25) is 0 Å². The topological polar surface area (TPSA) is 60.9 Å². The van der Waals surface area contributed by atoms with Crippen LogP contribution in [0, 0.1) is 3.57 Å². The summed E-state index contributed by atoms with van der Waals surface area (Å²) < 4.78 is 1.06. The van der Waals surface area contributed by atoms with Crippen molar-refractivity contribution in [1.82, 2.24) is 9.80 Å². The molecular weight excluding hydrogens is 455 g/mol. The summed E-state index contributed by atoms with van der Waals surface area (Å²) in [6.07, 6.45) is 0. The van der Waals surface area contributed by atoms with E-state index in [1.807, 2.05) is 41.3 Å². The van der Waals surface area contributed by atoms with Crippen LogP contribution in [-0.2, 0) is 6.54 Å². The lowest BCUT2D eigenvalue weighted by molar-refractivity contribution is 0.0268. The third kappa shape index (κ3) is 4.68. The molecule has 1 N–H and O–H groups in total. The van der Waals surface area contributed by atoms with Gasteiger partial charge in [0.25, 0.3) is 5.91 Å². The number of carboxylic acid groups (broad SMARTS) is 1. The zero-order valence-electron chi connectivity index (χ0n) is 15.4. The number of hydrogen-bond donors (Lipinski definition) is 1. The maximum Gasteiger partial charge on any atom is 0.335 e. The molecule has 0 saturated carbocycles. The summed E-state index contributed by atoms with van der Waals surface area (Å²) in [4.78, 5) is 28.3. The second kappa shape index (κ2) is 8.39. The van der Waals surface area contributed by atoms with Gasteiger partial charge in [-0.1, -0.05) is 18.2 Å². The van der Waals surface area contributed by atoms with E-state index in [4.69, 9.17) is 5.11 Å². The molecule has 1 fully saturated rings. The van der Waals surface area contributed by atoms with Gasteiger partial charge in [0, 0.05) is 40.9 Å². The number of halogens is 1. The van der Waals surface area contributed by atoms with Crippen molar-refractivity contribution in [2.24, 2.45) is 0 Å². The second-order valence-corrected chi connectivity index (χ2v) is 8.36. The maximum absolute atomic E-state index is 13.0. The normalized spacial score (nSPS) is 20.5. The highest BCUT2D eigenvalue weighted by molar-refractivity contribution is 14.1. The van der Waals surface area contributed by atoms with E-state index >= 15 is 0 Å². The first-order chi connectivity index (χ1) is 12.8. The number of piperazine rings is 1.